The van der Waals surface area contributed by atoms with Gasteiger partial charge in [-0.15, -0.1) is 0 Å². The van der Waals surface area contributed by atoms with Gasteiger partial charge in [0.05, 0.1) is 19.5 Å². The molecular formula is C17H25N7O3S. The van der Waals surface area contributed by atoms with Crippen molar-refractivity contribution in [3.63, 3.8) is 0 Å². The molecule has 0 atom stereocenters. The number of imidazole rings is 1. The Morgan fingerprint density at radius 2 is 1.57 bits per heavy atom. The summed E-state index contributed by atoms with van der Waals surface area (Å²) in [5.74, 6) is 2.45. The van der Waals surface area contributed by atoms with Crippen molar-refractivity contribution in [3.05, 3.63) is 24.4 Å². The molecule has 0 amide bonds. The maximum Gasteiger partial charge on any atom is 0.262 e. The second kappa shape index (κ2) is 7.64. The van der Waals surface area contributed by atoms with Gasteiger partial charge in [0.15, 0.2) is 5.03 Å². The van der Waals surface area contributed by atoms with Crippen LogP contribution in [0.5, 0.6) is 0 Å². The number of ether oxygens (including phenoxy) is 1. The van der Waals surface area contributed by atoms with Crippen molar-refractivity contribution in [1.82, 2.24) is 23.8 Å². The Hall–Kier alpha value is -2.24. The van der Waals surface area contributed by atoms with Crippen molar-refractivity contribution in [1.29, 1.82) is 0 Å². The first-order chi connectivity index (χ1) is 13.4. The topological polar surface area (TPSA) is 96.7 Å². The highest BCUT2D eigenvalue weighted by atomic mass is 32.2. The molecule has 0 bridgehead atoms. The second-order valence-electron chi connectivity index (χ2n) is 7.00. The Balaban J connectivity index is 1.47. The summed E-state index contributed by atoms with van der Waals surface area (Å²) < 4.78 is 34.0. The average Bonchev–Trinajstić information content (AvgIpc) is 3.15. The molecule has 0 aliphatic carbocycles. The van der Waals surface area contributed by atoms with Crippen LogP contribution >= 0.6 is 0 Å². The van der Waals surface area contributed by atoms with Crippen LogP contribution < -0.4 is 9.80 Å². The highest BCUT2D eigenvalue weighted by Gasteiger charge is 2.30. The van der Waals surface area contributed by atoms with Gasteiger partial charge in [-0.2, -0.15) is 4.31 Å². The van der Waals surface area contributed by atoms with E-state index in [1.54, 1.807) is 11.6 Å². The van der Waals surface area contributed by atoms with E-state index in [0.717, 1.165) is 24.7 Å². The Kier molecular flexibility index (Phi) is 5.21. The van der Waals surface area contributed by atoms with Gasteiger partial charge in [0, 0.05) is 58.6 Å². The third kappa shape index (κ3) is 3.82. The monoisotopic (exact) mass is 407 g/mol. The molecule has 2 aliphatic rings. The van der Waals surface area contributed by atoms with Gasteiger partial charge in [-0.25, -0.2) is 23.4 Å². The summed E-state index contributed by atoms with van der Waals surface area (Å²) >= 11 is 0. The minimum Gasteiger partial charge on any atom is -0.378 e. The second-order valence-corrected chi connectivity index (χ2v) is 8.88. The molecule has 2 aliphatic heterocycles. The number of morpholine rings is 1. The molecule has 0 N–H and O–H groups in total. The van der Waals surface area contributed by atoms with Crippen molar-refractivity contribution in [2.45, 2.75) is 11.9 Å². The normalized spacial score (nSPS) is 19.2. The van der Waals surface area contributed by atoms with E-state index in [0.29, 0.717) is 45.2 Å². The zero-order valence-corrected chi connectivity index (χ0v) is 17.0. The molecule has 2 aromatic heterocycles. The van der Waals surface area contributed by atoms with Crippen LogP contribution in [-0.2, 0) is 21.8 Å². The Labute approximate surface area is 164 Å². The summed E-state index contributed by atoms with van der Waals surface area (Å²) in [6.07, 6.45) is 3.03. The molecule has 28 heavy (non-hydrogen) atoms. The van der Waals surface area contributed by atoms with E-state index in [2.05, 4.69) is 24.8 Å². The number of sulfonamides is 1. The van der Waals surface area contributed by atoms with Crippen molar-refractivity contribution in [2.75, 3.05) is 62.3 Å². The first-order valence-corrected chi connectivity index (χ1v) is 10.8. The van der Waals surface area contributed by atoms with E-state index in [9.17, 15) is 8.42 Å². The van der Waals surface area contributed by atoms with Gasteiger partial charge >= 0.3 is 0 Å². The highest BCUT2D eigenvalue weighted by Crippen LogP contribution is 2.23. The molecule has 4 rings (SSSR count). The van der Waals surface area contributed by atoms with E-state index >= 15 is 0 Å². The lowest BCUT2D eigenvalue weighted by Crippen LogP contribution is -2.49. The fourth-order valence-corrected chi connectivity index (χ4v) is 4.85. The lowest BCUT2D eigenvalue weighted by atomic mass is 10.3. The molecule has 4 heterocycles. The standard InChI is InChI=1S/C17H25N7O3S/c1-14-19-15(11-16(20-14)23-7-9-27-10-8-23)22-3-5-24(6-4-22)28(25,26)17-12-21(2)13-18-17/h11-13H,3-10H2,1-2H3. The number of aryl methyl sites for hydroxylation is 2. The summed E-state index contributed by atoms with van der Waals surface area (Å²) in [5.41, 5.74) is 0. The van der Waals surface area contributed by atoms with Crippen LogP contribution in [0.3, 0.4) is 0 Å². The molecule has 0 aromatic carbocycles. The Morgan fingerprint density at radius 3 is 2.14 bits per heavy atom. The van der Waals surface area contributed by atoms with Crippen LogP contribution in [-0.4, -0.2) is 84.7 Å². The van der Waals surface area contributed by atoms with E-state index < -0.39 is 10.0 Å². The number of nitrogens with zero attached hydrogens (tertiary/aromatic N) is 7. The fraction of sp³-hybridized carbons (Fsp3) is 0.588. The number of piperazine rings is 1. The third-order valence-corrected chi connectivity index (χ3v) is 6.78. The SMILES string of the molecule is Cc1nc(N2CCOCC2)cc(N2CCN(S(=O)(=O)c3cn(C)cn3)CC2)n1. The molecule has 0 saturated carbocycles. The number of anilines is 2. The summed E-state index contributed by atoms with van der Waals surface area (Å²) in [7, 11) is -1.80. The van der Waals surface area contributed by atoms with Crippen LogP contribution in [0.15, 0.2) is 23.6 Å². The summed E-state index contributed by atoms with van der Waals surface area (Å²) in [4.78, 5) is 17.4. The van der Waals surface area contributed by atoms with Gasteiger partial charge in [0.1, 0.15) is 17.5 Å². The maximum absolute atomic E-state index is 12.7. The molecule has 0 spiro atoms. The van der Waals surface area contributed by atoms with Crippen molar-refractivity contribution in [3.8, 4) is 0 Å². The molecule has 152 valence electrons. The van der Waals surface area contributed by atoms with Crippen molar-refractivity contribution < 1.29 is 13.2 Å². The first-order valence-electron chi connectivity index (χ1n) is 9.35. The van der Waals surface area contributed by atoms with Gasteiger partial charge in [-0.3, -0.25) is 0 Å². The zero-order chi connectivity index (χ0) is 19.7. The number of aromatic nitrogens is 4. The Bertz CT molecular complexity index is 932. The zero-order valence-electron chi connectivity index (χ0n) is 16.2. The van der Waals surface area contributed by atoms with Crippen molar-refractivity contribution in [2.24, 2.45) is 7.05 Å². The smallest absolute Gasteiger partial charge is 0.262 e. The van der Waals surface area contributed by atoms with Gasteiger partial charge in [0.25, 0.3) is 10.0 Å². The highest BCUT2D eigenvalue weighted by molar-refractivity contribution is 7.89. The van der Waals surface area contributed by atoms with Gasteiger partial charge in [-0.1, -0.05) is 0 Å². The fourth-order valence-electron chi connectivity index (χ4n) is 3.46. The van der Waals surface area contributed by atoms with Gasteiger partial charge < -0.3 is 19.1 Å². The number of rotatable bonds is 4. The summed E-state index contributed by atoms with van der Waals surface area (Å²) in [6, 6.07) is 1.99. The van der Waals surface area contributed by atoms with Crippen LogP contribution in [0.25, 0.3) is 0 Å². The quantitative estimate of drug-likeness (QED) is 0.691. The minimum atomic E-state index is -3.56. The van der Waals surface area contributed by atoms with Crippen LogP contribution in [0.2, 0.25) is 0 Å². The predicted molar refractivity (Wildman–Crippen MR) is 104 cm³/mol. The number of hydrogen-bond acceptors (Lipinski definition) is 8. The van der Waals surface area contributed by atoms with Crippen LogP contribution in [0, 0.1) is 6.92 Å². The molecule has 10 nitrogen and oxygen atoms in total. The van der Waals surface area contributed by atoms with Gasteiger partial charge in [-0.05, 0) is 6.92 Å². The molecular weight excluding hydrogens is 382 g/mol. The largest absolute Gasteiger partial charge is 0.378 e. The maximum atomic E-state index is 12.7. The van der Waals surface area contributed by atoms with E-state index in [-0.39, 0.29) is 5.03 Å². The Morgan fingerprint density at radius 1 is 0.964 bits per heavy atom. The van der Waals surface area contributed by atoms with Crippen LogP contribution in [0.1, 0.15) is 5.82 Å². The molecule has 2 aromatic rings. The van der Waals surface area contributed by atoms with Crippen molar-refractivity contribution >= 4 is 21.7 Å². The summed E-state index contributed by atoms with van der Waals surface area (Å²) in [6.45, 7) is 6.85. The minimum absolute atomic E-state index is 0.0935. The van der Waals surface area contributed by atoms with E-state index in [1.807, 2.05) is 13.0 Å². The lowest BCUT2D eigenvalue weighted by Gasteiger charge is -2.35. The molecule has 2 saturated heterocycles. The average molecular weight is 408 g/mol. The van der Waals surface area contributed by atoms with Crippen LogP contribution in [0.4, 0.5) is 11.6 Å². The van der Waals surface area contributed by atoms with Gasteiger partial charge in [0.2, 0.25) is 0 Å². The van der Waals surface area contributed by atoms with E-state index in [4.69, 9.17) is 4.74 Å². The van der Waals surface area contributed by atoms with E-state index in [1.165, 1.54) is 16.8 Å². The molecule has 0 radical (unpaired) electrons. The predicted octanol–water partition coefficient (Wildman–Crippen LogP) is -0.134. The molecule has 2 fully saturated rings. The first kappa shape index (κ1) is 19.1. The molecule has 11 heteroatoms. The third-order valence-electron chi connectivity index (χ3n) is 4.99. The number of hydrogen-bond donors (Lipinski definition) is 0. The molecule has 0 unspecified atom stereocenters. The summed E-state index contributed by atoms with van der Waals surface area (Å²) in [5, 5.41) is 0.0935. The lowest BCUT2D eigenvalue weighted by molar-refractivity contribution is 0.122.